The molecule has 0 atom stereocenters. The number of carbonyl (C=O) groups is 1. The van der Waals surface area contributed by atoms with Crippen LogP contribution in [-0.4, -0.2) is 15.9 Å². The quantitative estimate of drug-likeness (QED) is 0.612. The summed E-state index contributed by atoms with van der Waals surface area (Å²) in [4.78, 5) is 15.6. The number of hydrogen-bond donors (Lipinski definition) is 1. The predicted octanol–water partition coefficient (Wildman–Crippen LogP) is 2.67. The van der Waals surface area contributed by atoms with E-state index in [1.807, 2.05) is 19.1 Å². The van der Waals surface area contributed by atoms with Crippen LogP contribution < -0.4 is 0 Å². The molecule has 0 bridgehead atoms. The summed E-state index contributed by atoms with van der Waals surface area (Å²) in [5, 5.41) is 10.0. The molecular weight excluding hydrogens is 202 g/mol. The van der Waals surface area contributed by atoms with Gasteiger partial charge in [-0.25, -0.2) is 0 Å². The summed E-state index contributed by atoms with van der Waals surface area (Å²) < 4.78 is 0. The molecule has 0 aromatic carbocycles. The summed E-state index contributed by atoms with van der Waals surface area (Å²) in [5.41, 5.74) is 2.17. The molecule has 1 saturated carbocycles. The highest BCUT2D eigenvalue weighted by molar-refractivity contribution is 6.02. The average Bonchev–Trinajstić information content (AvgIpc) is 2.74. The van der Waals surface area contributed by atoms with Crippen LogP contribution in [0.5, 0.6) is 0 Å². The van der Waals surface area contributed by atoms with E-state index in [9.17, 15) is 9.90 Å². The van der Waals surface area contributed by atoms with Crippen LogP contribution in [-0.2, 0) is 11.2 Å². The van der Waals surface area contributed by atoms with E-state index in [0.717, 1.165) is 18.4 Å². The van der Waals surface area contributed by atoms with Crippen molar-refractivity contribution in [3.63, 3.8) is 0 Å². The van der Waals surface area contributed by atoms with Gasteiger partial charge in [-0.3, -0.25) is 9.78 Å². The standard InChI is InChI=1S/C13H15NO2/c1-2-9-6-7-14-11(8-9)13(16)10-4-3-5-12(10)15/h6-8,16H,2-5H2,1H3/b13-10-. The van der Waals surface area contributed by atoms with Gasteiger partial charge in [-0.1, -0.05) is 6.92 Å². The molecule has 1 aromatic rings. The van der Waals surface area contributed by atoms with E-state index in [1.54, 1.807) is 6.20 Å². The van der Waals surface area contributed by atoms with E-state index in [0.29, 0.717) is 24.1 Å². The summed E-state index contributed by atoms with van der Waals surface area (Å²) >= 11 is 0. The fraction of sp³-hybridized carbons (Fsp3) is 0.385. The molecule has 0 radical (unpaired) electrons. The smallest absolute Gasteiger partial charge is 0.162 e. The molecule has 3 heteroatoms. The van der Waals surface area contributed by atoms with Crippen LogP contribution in [0.1, 0.15) is 37.4 Å². The second-order valence-corrected chi connectivity index (χ2v) is 4.01. The number of aliphatic hydroxyl groups excluding tert-OH is 1. The Balaban J connectivity index is 2.39. The number of allylic oxidation sites excluding steroid dienone is 1. The fourth-order valence-corrected chi connectivity index (χ4v) is 1.94. The van der Waals surface area contributed by atoms with Crippen LogP contribution in [0.15, 0.2) is 23.9 Å². The van der Waals surface area contributed by atoms with Gasteiger partial charge in [0.05, 0.1) is 0 Å². The Bertz CT molecular complexity index is 449. The zero-order valence-corrected chi connectivity index (χ0v) is 9.36. The molecule has 0 unspecified atom stereocenters. The van der Waals surface area contributed by atoms with Crippen molar-refractivity contribution >= 4 is 11.5 Å². The largest absolute Gasteiger partial charge is 0.505 e. The monoisotopic (exact) mass is 217 g/mol. The summed E-state index contributed by atoms with van der Waals surface area (Å²) in [6, 6.07) is 3.76. The maximum absolute atomic E-state index is 11.5. The first-order valence-electron chi connectivity index (χ1n) is 5.63. The van der Waals surface area contributed by atoms with Gasteiger partial charge in [0.1, 0.15) is 11.5 Å². The lowest BCUT2D eigenvalue weighted by Crippen LogP contribution is -1.99. The molecule has 84 valence electrons. The molecule has 0 spiro atoms. The van der Waals surface area contributed by atoms with Crippen molar-refractivity contribution in [2.24, 2.45) is 0 Å². The van der Waals surface area contributed by atoms with Crippen LogP contribution in [0.2, 0.25) is 0 Å². The average molecular weight is 217 g/mol. The van der Waals surface area contributed by atoms with E-state index in [4.69, 9.17) is 0 Å². The van der Waals surface area contributed by atoms with E-state index in [-0.39, 0.29) is 11.5 Å². The van der Waals surface area contributed by atoms with Gasteiger partial charge in [-0.15, -0.1) is 0 Å². The third-order valence-electron chi connectivity index (χ3n) is 2.93. The number of hydrogen-bond acceptors (Lipinski definition) is 3. The summed E-state index contributed by atoms with van der Waals surface area (Å²) in [6.45, 7) is 2.05. The van der Waals surface area contributed by atoms with Gasteiger partial charge < -0.3 is 5.11 Å². The van der Waals surface area contributed by atoms with Gasteiger partial charge >= 0.3 is 0 Å². The minimum Gasteiger partial charge on any atom is -0.505 e. The molecule has 0 saturated heterocycles. The zero-order valence-electron chi connectivity index (χ0n) is 9.36. The lowest BCUT2D eigenvalue weighted by molar-refractivity contribution is -0.114. The van der Waals surface area contributed by atoms with Crippen LogP contribution in [0.3, 0.4) is 0 Å². The molecule has 16 heavy (non-hydrogen) atoms. The molecule has 3 nitrogen and oxygen atoms in total. The van der Waals surface area contributed by atoms with Crippen molar-refractivity contribution in [3.05, 3.63) is 35.2 Å². The van der Waals surface area contributed by atoms with E-state index in [1.165, 1.54) is 0 Å². The van der Waals surface area contributed by atoms with Gasteiger partial charge in [0.25, 0.3) is 0 Å². The highest BCUT2D eigenvalue weighted by atomic mass is 16.3. The minimum absolute atomic E-state index is 0.0567. The highest BCUT2D eigenvalue weighted by Gasteiger charge is 2.22. The molecule has 1 N–H and O–H groups in total. The van der Waals surface area contributed by atoms with Crippen LogP contribution >= 0.6 is 0 Å². The SMILES string of the molecule is CCc1ccnc(/C(O)=C2\CCCC2=O)c1. The van der Waals surface area contributed by atoms with Crippen molar-refractivity contribution in [3.8, 4) is 0 Å². The third kappa shape index (κ3) is 1.98. The Morgan fingerprint density at radius 1 is 1.50 bits per heavy atom. The van der Waals surface area contributed by atoms with Gasteiger partial charge in [0, 0.05) is 18.2 Å². The van der Waals surface area contributed by atoms with Crippen LogP contribution in [0.4, 0.5) is 0 Å². The maximum atomic E-state index is 11.5. The van der Waals surface area contributed by atoms with Gasteiger partial charge in [0.15, 0.2) is 5.78 Å². The van der Waals surface area contributed by atoms with Crippen molar-refractivity contribution in [2.45, 2.75) is 32.6 Å². The number of aromatic nitrogens is 1. The van der Waals surface area contributed by atoms with Gasteiger partial charge in [-0.2, -0.15) is 0 Å². The number of pyridine rings is 1. The molecule has 2 rings (SSSR count). The molecular formula is C13H15NO2. The second kappa shape index (κ2) is 4.47. The van der Waals surface area contributed by atoms with Crippen molar-refractivity contribution in [1.29, 1.82) is 0 Å². The van der Waals surface area contributed by atoms with Gasteiger partial charge in [0.2, 0.25) is 0 Å². The van der Waals surface area contributed by atoms with Crippen molar-refractivity contribution in [2.75, 3.05) is 0 Å². The molecule has 1 aromatic heterocycles. The second-order valence-electron chi connectivity index (χ2n) is 4.01. The van der Waals surface area contributed by atoms with Crippen LogP contribution in [0.25, 0.3) is 5.76 Å². The lowest BCUT2D eigenvalue weighted by atomic mass is 10.1. The molecule has 1 aliphatic carbocycles. The first-order valence-corrected chi connectivity index (χ1v) is 5.63. The minimum atomic E-state index is 0.0567. The topological polar surface area (TPSA) is 50.2 Å². The Kier molecular flexibility index (Phi) is 3.04. The third-order valence-corrected chi connectivity index (χ3v) is 2.93. The normalized spacial score (nSPS) is 18.9. The van der Waals surface area contributed by atoms with Crippen molar-refractivity contribution in [1.82, 2.24) is 4.98 Å². The Hall–Kier alpha value is -1.64. The highest BCUT2D eigenvalue weighted by Crippen LogP contribution is 2.27. The first kappa shape index (κ1) is 10.9. The maximum Gasteiger partial charge on any atom is 0.162 e. The summed E-state index contributed by atoms with van der Waals surface area (Å²) in [5.74, 6) is 0.124. The molecule has 1 aliphatic rings. The van der Waals surface area contributed by atoms with Crippen molar-refractivity contribution < 1.29 is 9.90 Å². The predicted molar refractivity (Wildman–Crippen MR) is 62.0 cm³/mol. The van der Waals surface area contributed by atoms with E-state index >= 15 is 0 Å². The lowest BCUT2D eigenvalue weighted by Gasteiger charge is -2.04. The van der Waals surface area contributed by atoms with E-state index < -0.39 is 0 Å². The molecule has 1 heterocycles. The Morgan fingerprint density at radius 3 is 2.94 bits per heavy atom. The summed E-state index contributed by atoms with van der Waals surface area (Å²) in [7, 11) is 0. The van der Waals surface area contributed by atoms with Gasteiger partial charge in [-0.05, 0) is 37.0 Å². The number of Topliss-reactive ketones (excluding diaryl/α,β-unsaturated/α-hetero) is 1. The van der Waals surface area contributed by atoms with E-state index in [2.05, 4.69) is 4.98 Å². The number of rotatable bonds is 2. The number of aryl methyl sites for hydroxylation is 1. The number of ketones is 1. The summed E-state index contributed by atoms with van der Waals surface area (Å²) in [6.07, 6.45) is 4.62. The Labute approximate surface area is 94.8 Å². The first-order chi connectivity index (χ1) is 7.72. The fourth-order valence-electron chi connectivity index (χ4n) is 1.94. The number of aliphatic hydroxyl groups is 1. The van der Waals surface area contributed by atoms with Crippen LogP contribution in [0, 0.1) is 0 Å². The molecule has 1 fully saturated rings. The number of nitrogens with zero attached hydrogens (tertiary/aromatic N) is 1. The molecule has 0 amide bonds. The zero-order chi connectivity index (χ0) is 11.5. The molecule has 0 aliphatic heterocycles. The Morgan fingerprint density at radius 2 is 2.31 bits per heavy atom. The number of carbonyl (C=O) groups excluding carboxylic acids is 1.